The average Bonchev–Trinajstić information content (AvgIpc) is 2.36. The van der Waals surface area contributed by atoms with Crippen molar-refractivity contribution in [3.8, 4) is 0 Å². The van der Waals surface area contributed by atoms with E-state index in [1.807, 2.05) is 0 Å². The van der Waals surface area contributed by atoms with Crippen LogP contribution in [0.1, 0.15) is 46.0 Å². The van der Waals surface area contributed by atoms with Crippen LogP contribution in [0.3, 0.4) is 0 Å². The minimum Gasteiger partial charge on any atom is -0.465 e. The molecule has 0 heterocycles. The number of carbonyl (C=O) groups is 1. The summed E-state index contributed by atoms with van der Waals surface area (Å²) in [5, 5.41) is 27.6. The van der Waals surface area contributed by atoms with Crippen LogP contribution in [0.15, 0.2) is 0 Å². The van der Waals surface area contributed by atoms with Gasteiger partial charge in [0.05, 0.1) is 25.7 Å². The smallest absolute Gasteiger partial charge is 0.308 e. The number of hydrogen-bond acceptors (Lipinski definition) is 5. The Bertz CT molecular complexity index is 225. The topological polar surface area (TPSA) is 87.0 Å². The van der Waals surface area contributed by atoms with Gasteiger partial charge in [0.25, 0.3) is 0 Å². The third-order valence-corrected chi connectivity index (χ3v) is 2.89. The van der Waals surface area contributed by atoms with E-state index in [9.17, 15) is 9.90 Å². The first-order chi connectivity index (χ1) is 8.47. The van der Waals surface area contributed by atoms with Crippen molar-refractivity contribution in [1.82, 2.24) is 0 Å². The van der Waals surface area contributed by atoms with Crippen LogP contribution in [0.2, 0.25) is 0 Å². The van der Waals surface area contributed by atoms with Gasteiger partial charge in [-0.25, -0.2) is 0 Å². The maximum atomic E-state index is 11.4. The molecular formula is C13H26O5. The van der Waals surface area contributed by atoms with Crippen molar-refractivity contribution in [2.75, 3.05) is 19.8 Å². The van der Waals surface area contributed by atoms with Gasteiger partial charge in [0.2, 0.25) is 0 Å². The summed E-state index contributed by atoms with van der Waals surface area (Å²) in [4.78, 5) is 11.4. The summed E-state index contributed by atoms with van der Waals surface area (Å²) >= 11 is 0. The molecule has 0 rings (SSSR count). The molecule has 0 saturated heterocycles. The van der Waals surface area contributed by atoms with Gasteiger partial charge in [-0.1, -0.05) is 33.1 Å². The molecule has 0 spiro atoms. The maximum absolute atomic E-state index is 11.4. The molecule has 0 aliphatic carbocycles. The summed E-state index contributed by atoms with van der Waals surface area (Å²) in [6.45, 7) is 3.15. The Morgan fingerprint density at radius 1 is 1.28 bits per heavy atom. The van der Waals surface area contributed by atoms with Crippen molar-refractivity contribution in [3.05, 3.63) is 0 Å². The number of aliphatic hydroxyl groups excluding tert-OH is 3. The van der Waals surface area contributed by atoms with Crippen LogP contribution >= 0.6 is 0 Å². The van der Waals surface area contributed by atoms with Gasteiger partial charge in [-0.05, 0) is 6.42 Å². The summed E-state index contributed by atoms with van der Waals surface area (Å²) < 4.78 is 4.95. The number of esters is 1. The first-order valence-electron chi connectivity index (χ1n) is 6.53. The van der Waals surface area contributed by atoms with Gasteiger partial charge in [0.1, 0.15) is 6.61 Å². The molecule has 5 nitrogen and oxygen atoms in total. The summed E-state index contributed by atoms with van der Waals surface area (Å²) in [7, 11) is 0. The first-order valence-corrected chi connectivity index (χ1v) is 6.53. The highest BCUT2D eigenvalue weighted by Gasteiger charge is 2.25. The number of hydrogen-bond donors (Lipinski definition) is 3. The number of ether oxygens (including phenoxy) is 1. The summed E-state index contributed by atoms with van der Waals surface area (Å²) in [6.07, 6.45) is 2.91. The average molecular weight is 262 g/mol. The molecular weight excluding hydrogens is 236 g/mol. The van der Waals surface area contributed by atoms with Crippen LogP contribution in [0.25, 0.3) is 0 Å². The predicted molar refractivity (Wildman–Crippen MR) is 68.0 cm³/mol. The zero-order valence-electron chi connectivity index (χ0n) is 11.4. The lowest BCUT2D eigenvalue weighted by atomic mass is 9.94. The summed E-state index contributed by atoms with van der Waals surface area (Å²) in [5.74, 6) is -0.493. The van der Waals surface area contributed by atoms with Gasteiger partial charge in [0, 0.05) is 5.41 Å². The van der Waals surface area contributed by atoms with Crippen LogP contribution < -0.4 is 0 Å². The minimum absolute atomic E-state index is 0.0311. The Balaban J connectivity index is 3.83. The van der Waals surface area contributed by atoms with Crippen LogP contribution in [0.5, 0.6) is 0 Å². The Labute approximate surface area is 109 Å². The molecule has 0 aliphatic heterocycles. The van der Waals surface area contributed by atoms with Crippen LogP contribution in [-0.4, -0.2) is 47.2 Å². The van der Waals surface area contributed by atoms with E-state index in [1.54, 1.807) is 6.92 Å². The molecule has 0 saturated carbocycles. The Hall–Kier alpha value is -0.650. The normalized spacial score (nSPS) is 13.4. The molecule has 0 aromatic carbocycles. The molecule has 0 aromatic heterocycles. The fourth-order valence-corrected chi connectivity index (χ4v) is 1.38. The number of carbonyl (C=O) groups excluding carboxylic acids is 1. The van der Waals surface area contributed by atoms with Crippen LogP contribution in [0.4, 0.5) is 0 Å². The minimum atomic E-state index is -0.817. The fourth-order valence-electron chi connectivity index (χ4n) is 1.38. The number of aliphatic hydroxyl groups is 3. The van der Waals surface area contributed by atoms with E-state index < -0.39 is 17.5 Å². The van der Waals surface area contributed by atoms with Gasteiger partial charge >= 0.3 is 5.97 Å². The zero-order chi connectivity index (χ0) is 14.0. The molecule has 5 heteroatoms. The second kappa shape index (κ2) is 9.30. The second-order valence-corrected chi connectivity index (χ2v) is 5.14. The molecule has 108 valence electrons. The lowest BCUT2D eigenvalue weighted by Gasteiger charge is -2.24. The lowest BCUT2D eigenvalue weighted by Crippen LogP contribution is -2.33. The monoisotopic (exact) mass is 262 g/mol. The maximum Gasteiger partial charge on any atom is 0.308 e. The molecule has 1 atom stereocenters. The van der Waals surface area contributed by atoms with E-state index in [-0.39, 0.29) is 26.2 Å². The third kappa shape index (κ3) is 7.63. The highest BCUT2D eigenvalue weighted by molar-refractivity contribution is 5.69. The van der Waals surface area contributed by atoms with E-state index in [0.29, 0.717) is 6.42 Å². The van der Waals surface area contributed by atoms with E-state index in [2.05, 4.69) is 6.92 Å². The quantitative estimate of drug-likeness (QED) is 0.401. The van der Waals surface area contributed by atoms with Crippen molar-refractivity contribution in [1.29, 1.82) is 0 Å². The predicted octanol–water partition coefficient (Wildman–Crippen LogP) is 0.852. The molecule has 1 unspecified atom stereocenters. The molecule has 0 radical (unpaired) electrons. The highest BCUT2D eigenvalue weighted by Crippen LogP contribution is 2.15. The molecule has 0 amide bonds. The van der Waals surface area contributed by atoms with Crippen molar-refractivity contribution in [3.63, 3.8) is 0 Å². The van der Waals surface area contributed by atoms with Crippen LogP contribution in [-0.2, 0) is 9.53 Å². The molecule has 0 fully saturated rings. The number of unbranched alkanes of at least 4 members (excludes halogenated alkanes) is 2. The van der Waals surface area contributed by atoms with E-state index >= 15 is 0 Å². The van der Waals surface area contributed by atoms with Crippen LogP contribution in [0, 0.1) is 5.41 Å². The Morgan fingerprint density at radius 3 is 2.39 bits per heavy atom. The summed E-state index contributed by atoms with van der Waals surface area (Å²) in [5.41, 5.74) is -0.817. The van der Waals surface area contributed by atoms with Crippen molar-refractivity contribution in [2.45, 2.75) is 52.1 Å². The SMILES string of the molecule is CCCCCC(O)CC(=O)OCC(C)(CO)CO. The molecule has 0 bridgehead atoms. The molecule has 0 aromatic rings. The molecule has 0 aliphatic rings. The lowest BCUT2D eigenvalue weighted by molar-refractivity contribution is -0.151. The van der Waals surface area contributed by atoms with E-state index in [4.69, 9.17) is 14.9 Å². The van der Waals surface area contributed by atoms with Gasteiger partial charge in [0.15, 0.2) is 0 Å². The van der Waals surface area contributed by atoms with E-state index in [1.165, 1.54) is 0 Å². The van der Waals surface area contributed by atoms with Gasteiger partial charge < -0.3 is 20.1 Å². The van der Waals surface area contributed by atoms with Gasteiger partial charge in [-0.2, -0.15) is 0 Å². The van der Waals surface area contributed by atoms with E-state index in [0.717, 1.165) is 19.3 Å². The van der Waals surface area contributed by atoms with Gasteiger partial charge in [-0.15, -0.1) is 0 Å². The second-order valence-electron chi connectivity index (χ2n) is 5.14. The van der Waals surface area contributed by atoms with Gasteiger partial charge in [-0.3, -0.25) is 4.79 Å². The van der Waals surface area contributed by atoms with Crippen molar-refractivity contribution < 1.29 is 24.9 Å². The third-order valence-electron chi connectivity index (χ3n) is 2.89. The van der Waals surface area contributed by atoms with Crippen molar-refractivity contribution in [2.24, 2.45) is 5.41 Å². The standard InChI is InChI=1S/C13H26O5/c1-3-4-5-6-11(16)7-12(17)18-10-13(2,8-14)9-15/h11,14-16H,3-10H2,1-2H3. The highest BCUT2D eigenvalue weighted by atomic mass is 16.5. The first kappa shape index (κ1) is 17.4. The fraction of sp³-hybridized carbons (Fsp3) is 0.923. The Morgan fingerprint density at radius 2 is 1.89 bits per heavy atom. The molecule has 3 N–H and O–H groups in total. The largest absolute Gasteiger partial charge is 0.465 e. The van der Waals surface area contributed by atoms with Crippen molar-refractivity contribution >= 4 is 5.97 Å². The summed E-state index contributed by atoms with van der Waals surface area (Å²) in [6, 6.07) is 0. The Kier molecular flexibility index (Phi) is 8.97. The number of rotatable bonds is 10. The molecule has 18 heavy (non-hydrogen) atoms. The zero-order valence-corrected chi connectivity index (χ0v) is 11.4.